The second kappa shape index (κ2) is 12.7. The Kier molecular flexibility index (Phi) is 9.73. The molecule has 0 aromatic carbocycles. The highest BCUT2D eigenvalue weighted by Gasteiger charge is 2.38. The van der Waals surface area contributed by atoms with Crippen LogP contribution in [0.25, 0.3) is 0 Å². The lowest BCUT2D eigenvalue weighted by Gasteiger charge is -2.29. The number of nitrogens with one attached hydrogen (secondary N) is 1. The Morgan fingerprint density at radius 2 is 2.09 bits per heavy atom. The number of Topliss-reactive ketones (excluding diaryl/α,β-unsaturated/α-hetero) is 1. The van der Waals surface area contributed by atoms with Gasteiger partial charge >= 0.3 is 6.01 Å². The van der Waals surface area contributed by atoms with Crippen LogP contribution in [-0.2, 0) is 20.8 Å². The number of hydrogen-bond acceptors (Lipinski definition) is 9. The molecule has 2 amide bonds. The fraction of sp³-hybridized carbons (Fsp3) is 0.696. The van der Waals surface area contributed by atoms with Crippen LogP contribution in [0.3, 0.4) is 0 Å². The number of rotatable bonds is 13. The molecule has 188 valence electrons. The Hall–Kier alpha value is -2.63. The summed E-state index contributed by atoms with van der Waals surface area (Å²) in [6, 6.07) is 1.26. The third-order valence-corrected chi connectivity index (χ3v) is 6.41. The van der Waals surface area contributed by atoms with Gasteiger partial charge in [0, 0.05) is 19.3 Å². The molecule has 0 radical (unpaired) electrons. The number of likely N-dealkylation sites (N-methyl/N-ethyl adjacent to an activating group) is 1. The predicted octanol–water partition coefficient (Wildman–Crippen LogP) is 0.678. The summed E-state index contributed by atoms with van der Waals surface area (Å²) in [5, 5.41) is 11.7. The predicted molar refractivity (Wildman–Crippen MR) is 123 cm³/mol. The van der Waals surface area contributed by atoms with Crippen molar-refractivity contribution in [1.82, 2.24) is 30.4 Å². The maximum atomic E-state index is 13.4. The fourth-order valence-corrected chi connectivity index (χ4v) is 4.62. The number of amides is 2. The molecule has 2 atom stereocenters. The van der Waals surface area contributed by atoms with Gasteiger partial charge in [-0.05, 0) is 38.9 Å². The van der Waals surface area contributed by atoms with Crippen LogP contribution in [0.4, 0.5) is 0 Å². The van der Waals surface area contributed by atoms with Crippen molar-refractivity contribution in [3.63, 3.8) is 0 Å². The quantitative estimate of drug-likeness (QED) is 0.240. The van der Waals surface area contributed by atoms with E-state index in [-0.39, 0.29) is 30.7 Å². The molecule has 1 aromatic rings. The van der Waals surface area contributed by atoms with Crippen LogP contribution in [0.5, 0.6) is 6.01 Å². The number of aromatic nitrogens is 2. The van der Waals surface area contributed by atoms with Crippen molar-refractivity contribution < 1.29 is 24.3 Å². The molecule has 0 spiro atoms. The lowest BCUT2D eigenvalue weighted by molar-refractivity contribution is -0.159. The van der Waals surface area contributed by atoms with Crippen molar-refractivity contribution in [2.24, 2.45) is 11.8 Å². The van der Waals surface area contributed by atoms with Crippen LogP contribution >= 0.6 is 0 Å². The molecule has 11 heteroatoms. The van der Waals surface area contributed by atoms with Crippen molar-refractivity contribution in [2.45, 2.75) is 51.0 Å². The molecule has 2 aliphatic rings. The molecular weight excluding hydrogens is 440 g/mol. The van der Waals surface area contributed by atoms with Crippen LogP contribution in [0, 0.1) is 11.8 Å². The number of hydrazine groups is 1. The van der Waals surface area contributed by atoms with Crippen LogP contribution < -0.4 is 10.2 Å². The van der Waals surface area contributed by atoms with Crippen LogP contribution in [0.15, 0.2) is 12.3 Å². The van der Waals surface area contributed by atoms with Gasteiger partial charge in [0.25, 0.3) is 0 Å². The summed E-state index contributed by atoms with van der Waals surface area (Å²) in [6.45, 7) is 1.56. The summed E-state index contributed by atoms with van der Waals surface area (Å²) in [7, 11) is 3.88. The van der Waals surface area contributed by atoms with Crippen LogP contribution in [0.2, 0.25) is 0 Å². The van der Waals surface area contributed by atoms with Gasteiger partial charge < -0.3 is 9.64 Å². The normalized spacial score (nSPS) is 19.4. The molecule has 1 saturated carbocycles. The Bertz CT molecular complexity index is 832. The molecule has 2 fully saturated rings. The maximum Gasteiger partial charge on any atom is 0.316 e. The molecule has 2 heterocycles. The van der Waals surface area contributed by atoms with E-state index in [0.29, 0.717) is 55.6 Å². The van der Waals surface area contributed by atoms with Gasteiger partial charge in [0.05, 0.1) is 24.6 Å². The second-order valence-electron chi connectivity index (χ2n) is 9.36. The van der Waals surface area contributed by atoms with Gasteiger partial charge in [-0.25, -0.2) is 15.5 Å². The van der Waals surface area contributed by atoms with Gasteiger partial charge in [-0.3, -0.25) is 24.6 Å². The Morgan fingerprint density at radius 3 is 2.79 bits per heavy atom. The first-order chi connectivity index (χ1) is 16.4. The van der Waals surface area contributed by atoms with Crippen molar-refractivity contribution in [3.05, 3.63) is 18.0 Å². The zero-order valence-corrected chi connectivity index (χ0v) is 20.1. The topological polar surface area (TPSA) is 128 Å². The third-order valence-electron chi connectivity index (χ3n) is 6.41. The SMILES string of the molecule is CN(C)CCOc1nccc(CC(=O)[C@@H]2CCNN2C(=O)[C@H](CC2CCCC2)CN(O)C=O)n1. The maximum absolute atomic E-state index is 13.4. The summed E-state index contributed by atoms with van der Waals surface area (Å²) in [5.41, 5.74) is 3.56. The number of hydroxylamine groups is 2. The molecule has 1 aromatic heterocycles. The standard InChI is InChI=1S/C23H36N6O5/c1-27(2)11-12-34-23-24-9-7-19(26-23)14-21(31)20-8-10-25-29(20)22(32)18(15-28(33)16-30)13-17-5-3-4-6-17/h7,9,16-18,20,25,33H,3-6,8,10-15H2,1-2H3/t18-,20+/m1/s1. The molecule has 1 aliphatic heterocycles. The number of carbonyl (C=O) groups is 3. The van der Waals surface area contributed by atoms with Crippen molar-refractivity contribution in [1.29, 1.82) is 0 Å². The molecule has 3 rings (SSSR count). The van der Waals surface area contributed by atoms with Crippen molar-refractivity contribution in [3.8, 4) is 6.01 Å². The zero-order chi connectivity index (χ0) is 24.5. The highest BCUT2D eigenvalue weighted by Crippen LogP contribution is 2.31. The van der Waals surface area contributed by atoms with Gasteiger partial charge in [0.15, 0.2) is 5.78 Å². The van der Waals surface area contributed by atoms with Crippen molar-refractivity contribution >= 4 is 18.1 Å². The average Bonchev–Trinajstić information content (AvgIpc) is 3.50. The monoisotopic (exact) mass is 476 g/mol. The van der Waals surface area contributed by atoms with E-state index in [9.17, 15) is 19.6 Å². The first kappa shape index (κ1) is 26.0. The lowest BCUT2D eigenvalue weighted by atomic mass is 9.91. The number of ether oxygens (including phenoxy) is 1. The Balaban J connectivity index is 1.63. The van der Waals surface area contributed by atoms with Gasteiger partial charge in [-0.1, -0.05) is 25.7 Å². The number of hydrogen-bond donors (Lipinski definition) is 2. The average molecular weight is 477 g/mol. The van der Waals surface area contributed by atoms with Crippen LogP contribution in [0.1, 0.15) is 44.2 Å². The largest absolute Gasteiger partial charge is 0.462 e. The summed E-state index contributed by atoms with van der Waals surface area (Å²) in [6.07, 6.45) is 7.34. The Labute approximate surface area is 200 Å². The van der Waals surface area contributed by atoms with Gasteiger partial charge in [0.2, 0.25) is 12.3 Å². The fourth-order valence-electron chi connectivity index (χ4n) is 4.62. The highest BCUT2D eigenvalue weighted by atomic mass is 16.5. The van der Waals surface area contributed by atoms with E-state index in [2.05, 4.69) is 15.4 Å². The molecular formula is C23H36N6O5. The first-order valence-corrected chi connectivity index (χ1v) is 12.0. The van der Waals surface area contributed by atoms with E-state index in [1.807, 2.05) is 19.0 Å². The first-order valence-electron chi connectivity index (χ1n) is 12.0. The summed E-state index contributed by atoms with van der Waals surface area (Å²) in [5.74, 6) is -0.584. The molecule has 2 N–H and O–H groups in total. The molecule has 0 bridgehead atoms. The van der Waals surface area contributed by atoms with E-state index in [1.165, 1.54) is 5.01 Å². The lowest BCUT2D eigenvalue weighted by Crippen LogP contribution is -2.51. The minimum Gasteiger partial charge on any atom is -0.462 e. The van der Waals surface area contributed by atoms with Crippen molar-refractivity contribution in [2.75, 3.05) is 40.3 Å². The summed E-state index contributed by atoms with van der Waals surface area (Å²) in [4.78, 5) is 47.9. The Morgan fingerprint density at radius 1 is 1.32 bits per heavy atom. The number of ketones is 1. The molecule has 34 heavy (non-hydrogen) atoms. The number of carbonyl (C=O) groups excluding carboxylic acids is 3. The summed E-state index contributed by atoms with van der Waals surface area (Å²) < 4.78 is 5.56. The van der Waals surface area contributed by atoms with E-state index in [0.717, 1.165) is 25.7 Å². The van der Waals surface area contributed by atoms with Gasteiger partial charge in [0.1, 0.15) is 12.6 Å². The van der Waals surface area contributed by atoms with E-state index < -0.39 is 12.0 Å². The van der Waals surface area contributed by atoms with Gasteiger partial charge in [-0.15, -0.1) is 0 Å². The molecule has 1 aliphatic carbocycles. The minimum atomic E-state index is -0.630. The molecule has 0 unspecified atom stereocenters. The van der Waals surface area contributed by atoms with E-state index >= 15 is 0 Å². The van der Waals surface area contributed by atoms with Crippen LogP contribution in [-0.4, -0.2) is 94.6 Å². The third kappa shape index (κ3) is 7.44. The van der Waals surface area contributed by atoms with Gasteiger partial charge in [-0.2, -0.15) is 4.98 Å². The van der Waals surface area contributed by atoms with E-state index in [4.69, 9.17) is 4.74 Å². The molecule has 1 saturated heterocycles. The highest BCUT2D eigenvalue weighted by molar-refractivity contribution is 5.91. The van der Waals surface area contributed by atoms with E-state index in [1.54, 1.807) is 12.3 Å². The minimum absolute atomic E-state index is 0.0520. The molecule has 11 nitrogen and oxygen atoms in total. The second-order valence-corrected chi connectivity index (χ2v) is 9.36. The zero-order valence-electron chi connectivity index (χ0n) is 20.1. The summed E-state index contributed by atoms with van der Waals surface area (Å²) >= 11 is 0. The number of nitrogens with zero attached hydrogens (tertiary/aromatic N) is 5. The smallest absolute Gasteiger partial charge is 0.316 e.